The standard InChI is InChI=1S/C41H78O6Si/c1-8-9-10-11-12-19-22-25-28-39(47-48(6,7)41(2,3)4)38-33-32-37(46-38)36-31-30-35(45-36)34(42)27-24-21-18-16-14-13-15-17-20-23-26-29-40(43)44-5/h18,21,34-39,42H,8-17,19-20,22-33H2,1-7H3/b21-18+/t34-,35-,36-,37-,38-,39-/m0/s1. The first-order valence-electron chi connectivity index (χ1n) is 20.4. The van der Waals surface area contributed by atoms with Crippen molar-refractivity contribution in [3.63, 3.8) is 0 Å². The van der Waals surface area contributed by atoms with Crippen molar-refractivity contribution in [1.82, 2.24) is 0 Å². The minimum atomic E-state index is -1.90. The van der Waals surface area contributed by atoms with E-state index in [0.717, 1.165) is 64.2 Å². The fourth-order valence-corrected chi connectivity index (χ4v) is 8.42. The molecular formula is C41H78O6Si. The third kappa shape index (κ3) is 17.5. The molecule has 2 heterocycles. The highest BCUT2D eigenvalue weighted by Crippen LogP contribution is 2.41. The molecule has 6 nitrogen and oxygen atoms in total. The van der Waals surface area contributed by atoms with Crippen molar-refractivity contribution in [3.8, 4) is 0 Å². The molecule has 0 aromatic rings. The zero-order chi connectivity index (χ0) is 35.3. The average Bonchev–Trinajstić information content (AvgIpc) is 3.74. The lowest BCUT2D eigenvalue weighted by molar-refractivity contribution is -0.140. The fraction of sp³-hybridized carbons (Fsp3) is 0.927. The number of carbonyl (C=O) groups excluding carboxylic acids is 1. The predicted molar refractivity (Wildman–Crippen MR) is 203 cm³/mol. The van der Waals surface area contributed by atoms with Crippen LogP contribution in [0, 0.1) is 0 Å². The van der Waals surface area contributed by atoms with Crippen molar-refractivity contribution in [2.45, 2.75) is 237 Å². The van der Waals surface area contributed by atoms with E-state index in [4.69, 9.17) is 13.9 Å². The summed E-state index contributed by atoms with van der Waals surface area (Å²) >= 11 is 0. The first kappa shape index (κ1) is 43.4. The van der Waals surface area contributed by atoms with Crippen LogP contribution in [0.4, 0.5) is 0 Å². The molecular weight excluding hydrogens is 617 g/mol. The number of esters is 1. The minimum Gasteiger partial charge on any atom is -0.469 e. The van der Waals surface area contributed by atoms with Crippen molar-refractivity contribution < 1.29 is 28.5 Å². The number of hydrogen-bond donors (Lipinski definition) is 1. The fourth-order valence-electron chi connectivity index (χ4n) is 7.04. The Morgan fingerprint density at radius 3 is 1.88 bits per heavy atom. The molecule has 2 rings (SSSR count). The summed E-state index contributed by atoms with van der Waals surface area (Å²) in [5, 5.41) is 11.1. The van der Waals surface area contributed by atoms with Crippen molar-refractivity contribution in [2.75, 3.05) is 7.11 Å². The summed E-state index contributed by atoms with van der Waals surface area (Å²) in [6, 6.07) is 0. The third-order valence-corrected chi connectivity index (χ3v) is 15.8. The van der Waals surface area contributed by atoms with Crippen LogP contribution < -0.4 is 0 Å². The van der Waals surface area contributed by atoms with Crippen molar-refractivity contribution in [2.24, 2.45) is 0 Å². The van der Waals surface area contributed by atoms with E-state index in [9.17, 15) is 9.90 Å². The highest BCUT2D eigenvalue weighted by molar-refractivity contribution is 6.74. The van der Waals surface area contributed by atoms with Gasteiger partial charge in [-0.25, -0.2) is 0 Å². The van der Waals surface area contributed by atoms with E-state index in [0.29, 0.717) is 6.42 Å². The Kier molecular flexibility index (Phi) is 22.1. The molecule has 0 amide bonds. The average molecular weight is 695 g/mol. The van der Waals surface area contributed by atoms with E-state index >= 15 is 0 Å². The monoisotopic (exact) mass is 695 g/mol. The molecule has 6 atom stereocenters. The minimum absolute atomic E-state index is 0.0738. The van der Waals surface area contributed by atoms with Crippen LogP contribution in [0.1, 0.15) is 182 Å². The first-order chi connectivity index (χ1) is 23.0. The lowest BCUT2D eigenvalue weighted by Gasteiger charge is -2.41. The number of unbranched alkanes of at least 4 members (excludes halogenated alkanes) is 14. The van der Waals surface area contributed by atoms with Crippen molar-refractivity contribution >= 4 is 14.3 Å². The van der Waals surface area contributed by atoms with Gasteiger partial charge in [-0.2, -0.15) is 0 Å². The molecule has 48 heavy (non-hydrogen) atoms. The predicted octanol–water partition coefficient (Wildman–Crippen LogP) is 11.4. The molecule has 0 aromatic carbocycles. The number of carbonyl (C=O) groups is 1. The Morgan fingerprint density at radius 1 is 0.750 bits per heavy atom. The SMILES string of the molecule is CCCCCCCCCC[C@H](O[Si](C)(C)C(C)(C)C)[C@@H]1CC[C@@H]([C@@H]2CC[C@@H]([C@@H](O)CC/C=C/CCCCCCCCCC(=O)OC)O2)O1. The molecule has 1 N–H and O–H groups in total. The zero-order valence-corrected chi connectivity index (χ0v) is 33.6. The van der Waals surface area contributed by atoms with Gasteiger partial charge in [0.15, 0.2) is 8.32 Å². The van der Waals surface area contributed by atoms with Crippen molar-refractivity contribution in [1.29, 1.82) is 0 Å². The topological polar surface area (TPSA) is 74.2 Å². The number of allylic oxidation sites excluding steroid dienone is 2. The molecule has 0 aromatic heterocycles. The maximum Gasteiger partial charge on any atom is 0.305 e. The molecule has 0 spiro atoms. The smallest absolute Gasteiger partial charge is 0.305 e. The van der Waals surface area contributed by atoms with E-state index < -0.39 is 14.4 Å². The van der Waals surface area contributed by atoms with Crippen LogP contribution in [-0.2, 0) is 23.4 Å². The number of rotatable bonds is 27. The van der Waals surface area contributed by atoms with Crippen LogP contribution in [0.3, 0.4) is 0 Å². The highest BCUT2D eigenvalue weighted by atomic mass is 28.4. The summed E-state index contributed by atoms with van der Waals surface area (Å²) in [7, 11) is -0.448. The molecule has 2 aliphatic heterocycles. The summed E-state index contributed by atoms with van der Waals surface area (Å²) in [4.78, 5) is 11.1. The van der Waals surface area contributed by atoms with Crippen LogP contribution in [0.2, 0.25) is 18.1 Å². The zero-order valence-electron chi connectivity index (χ0n) is 32.6. The molecule has 0 radical (unpaired) electrons. The van der Waals surface area contributed by atoms with Crippen LogP contribution in [0.25, 0.3) is 0 Å². The van der Waals surface area contributed by atoms with Crippen LogP contribution >= 0.6 is 0 Å². The van der Waals surface area contributed by atoms with E-state index in [-0.39, 0.29) is 41.5 Å². The van der Waals surface area contributed by atoms with Gasteiger partial charge < -0.3 is 23.7 Å². The third-order valence-electron chi connectivity index (χ3n) is 11.3. The number of aliphatic hydroxyl groups excluding tert-OH is 1. The number of aliphatic hydroxyl groups is 1. The van der Waals surface area contributed by atoms with Gasteiger partial charge in [0.1, 0.15) is 0 Å². The maximum atomic E-state index is 11.1. The molecule has 0 unspecified atom stereocenters. The highest BCUT2D eigenvalue weighted by Gasteiger charge is 2.45. The second-order valence-electron chi connectivity index (χ2n) is 16.5. The van der Waals surface area contributed by atoms with Gasteiger partial charge in [0.05, 0.1) is 43.7 Å². The lowest BCUT2D eigenvalue weighted by atomic mass is 10.0. The van der Waals surface area contributed by atoms with Gasteiger partial charge in [-0.05, 0) is 82.3 Å². The molecule has 282 valence electrons. The van der Waals surface area contributed by atoms with E-state index in [1.165, 1.54) is 90.6 Å². The summed E-state index contributed by atoms with van der Waals surface area (Å²) in [6.07, 6.45) is 31.9. The Morgan fingerprint density at radius 2 is 1.27 bits per heavy atom. The molecule has 2 fully saturated rings. The molecule has 2 aliphatic rings. The van der Waals surface area contributed by atoms with E-state index in [2.05, 4.69) is 57.7 Å². The Bertz CT molecular complexity index is 854. The van der Waals surface area contributed by atoms with E-state index in [1.54, 1.807) is 0 Å². The molecule has 2 saturated heterocycles. The van der Waals surface area contributed by atoms with Gasteiger partial charge in [0, 0.05) is 6.42 Å². The molecule has 7 heteroatoms. The number of methoxy groups -OCH3 is 1. The van der Waals surface area contributed by atoms with Crippen LogP contribution in [0.5, 0.6) is 0 Å². The Labute approximate surface area is 298 Å². The van der Waals surface area contributed by atoms with Gasteiger partial charge in [-0.15, -0.1) is 0 Å². The molecule has 0 aliphatic carbocycles. The second-order valence-corrected chi connectivity index (χ2v) is 21.2. The number of ether oxygens (including phenoxy) is 3. The van der Waals surface area contributed by atoms with E-state index in [1.807, 2.05) is 0 Å². The Hall–Kier alpha value is -0.733. The van der Waals surface area contributed by atoms with Gasteiger partial charge in [-0.1, -0.05) is 123 Å². The number of hydrogen-bond acceptors (Lipinski definition) is 6. The summed E-state index contributed by atoms with van der Waals surface area (Å²) in [6.45, 7) is 14.0. The molecule has 0 bridgehead atoms. The quantitative estimate of drug-likeness (QED) is 0.0399. The largest absolute Gasteiger partial charge is 0.469 e. The Balaban J connectivity index is 1.66. The normalized spacial score (nSPS) is 23.2. The molecule has 0 saturated carbocycles. The first-order valence-corrected chi connectivity index (χ1v) is 23.3. The van der Waals surface area contributed by atoms with Gasteiger partial charge in [0.25, 0.3) is 0 Å². The van der Waals surface area contributed by atoms with Crippen LogP contribution in [-0.4, -0.2) is 63.1 Å². The van der Waals surface area contributed by atoms with Crippen molar-refractivity contribution in [3.05, 3.63) is 12.2 Å². The maximum absolute atomic E-state index is 11.1. The summed E-state index contributed by atoms with van der Waals surface area (Å²) in [5.41, 5.74) is 0. The lowest BCUT2D eigenvalue weighted by Crippen LogP contribution is -2.47. The van der Waals surface area contributed by atoms with Gasteiger partial charge >= 0.3 is 5.97 Å². The van der Waals surface area contributed by atoms with Crippen LogP contribution in [0.15, 0.2) is 12.2 Å². The summed E-state index contributed by atoms with van der Waals surface area (Å²) in [5.74, 6) is -0.0953. The van der Waals surface area contributed by atoms with Gasteiger partial charge in [-0.3, -0.25) is 4.79 Å². The second kappa shape index (κ2) is 24.5. The van der Waals surface area contributed by atoms with Gasteiger partial charge in [0.2, 0.25) is 0 Å². The summed E-state index contributed by atoms with van der Waals surface area (Å²) < 4.78 is 25.0.